The van der Waals surface area contributed by atoms with Gasteiger partial charge in [-0.1, -0.05) is 81.8 Å². The average molecular weight is 500 g/mol. The lowest BCUT2D eigenvalue weighted by molar-refractivity contribution is 0.0693. The second-order valence-corrected chi connectivity index (χ2v) is 11.5. The lowest BCUT2D eigenvalue weighted by Gasteiger charge is -2.43. The zero-order valence-corrected chi connectivity index (χ0v) is 22.3. The molecule has 0 amide bonds. The summed E-state index contributed by atoms with van der Waals surface area (Å²) in [5, 5.41) is 34.0. The normalized spacial score (nSPS) is 16.8. The summed E-state index contributed by atoms with van der Waals surface area (Å²) in [6.45, 7) is 11.9. The number of aromatic hydroxyl groups is 1. The molecule has 0 aromatic heterocycles. The minimum atomic E-state index is -1.18. The Labute approximate surface area is 219 Å². The fourth-order valence-electron chi connectivity index (χ4n) is 5.17. The van der Waals surface area contributed by atoms with Gasteiger partial charge in [-0.05, 0) is 76.6 Å². The van der Waals surface area contributed by atoms with E-state index in [0.29, 0.717) is 12.1 Å². The number of rotatable bonds is 7. The van der Waals surface area contributed by atoms with Crippen LogP contribution < -0.4 is 5.32 Å². The molecular weight excluding hydrogens is 462 g/mol. The number of hydrogen-bond donors (Lipinski definition) is 4. The Kier molecular flexibility index (Phi) is 7.20. The first-order valence-electron chi connectivity index (χ1n) is 12.8. The topological polar surface area (TPSA) is 89.8 Å². The maximum absolute atomic E-state index is 11.2. The van der Waals surface area contributed by atoms with Crippen molar-refractivity contribution in [3.05, 3.63) is 99.6 Å². The SMILES string of the molecule is Cc1ccc(CNc2cc(C(O)C=Cc3ccc(C(=O)O)c(O)c3)cc3c2C(C)(C)CCC3(C)C)cc1. The third-order valence-electron chi connectivity index (χ3n) is 7.61. The Balaban J connectivity index is 1.70. The molecule has 0 bridgehead atoms. The average Bonchev–Trinajstić information content (AvgIpc) is 2.84. The van der Waals surface area contributed by atoms with Crippen molar-refractivity contribution in [2.45, 2.75) is 70.9 Å². The molecule has 4 N–H and O–H groups in total. The van der Waals surface area contributed by atoms with Crippen molar-refractivity contribution in [1.29, 1.82) is 0 Å². The zero-order chi connectivity index (χ0) is 27.0. The van der Waals surface area contributed by atoms with Crippen LogP contribution in [0, 0.1) is 6.92 Å². The van der Waals surface area contributed by atoms with Gasteiger partial charge in [0.1, 0.15) is 11.3 Å². The largest absolute Gasteiger partial charge is 0.507 e. The van der Waals surface area contributed by atoms with Gasteiger partial charge >= 0.3 is 5.97 Å². The molecule has 0 saturated carbocycles. The van der Waals surface area contributed by atoms with E-state index in [4.69, 9.17) is 5.11 Å². The Morgan fingerprint density at radius 3 is 2.32 bits per heavy atom. The van der Waals surface area contributed by atoms with Gasteiger partial charge in [-0.3, -0.25) is 0 Å². The van der Waals surface area contributed by atoms with Crippen LogP contribution in [0.4, 0.5) is 5.69 Å². The summed E-state index contributed by atoms with van der Waals surface area (Å²) in [6, 6.07) is 17.0. The van der Waals surface area contributed by atoms with Gasteiger partial charge < -0.3 is 20.6 Å². The summed E-state index contributed by atoms with van der Waals surface area (Å²) in [6.07, 6.45) is 4.65. The van der Waals surface area contributed by atoms with E-state index < -0.39 is 12.1 Å². The molecule has 0 aliphatic heterocycles. The Bertz CT molecular complexity index is 1340. The number of hydrogen-bond acceptors (Lipinski definition) is 4. The number of fused-ring (bicyclic) bond motifs is 1. The van der Waals surface area contributed by atoms with Crippen LogP contribution in [-0.2, 0) is 17.4 Å². The number of anilines is 1. The van der Waals surface area contributed by atoms with Gasteiger partial charge in [0.2, 0.25) is 0 Å². The van der Waals surface area contributed by atoms with Crippen LogP contribution >= 0.6 is 0 Å². The van der Waals surface area contributed by atoms with Gasteiger partial charge in [0, 0.05) is 12.2 Å². The first kappa shape index (κ1) is 26.5. The van der Waals surface area contributed by atoms with Gasteiger partial charge in [-0.15, -0.1) is 0 Å². The standard InChI is InChI=1S/C32H37NO4/c1-20-6-8-22(9-7-20)19-33-26-18-23(17-25-29(26)32(4,5)15-14-31(25,2)3)27(34)13-11-21-10-12-24(30(36)37)28(35)16-21/h6-13,16-18,27,33-35H,14-15,19H2,1-5H3,(H,36,37). The molecule has 3 aromatic carbocycles. The number of nitrogens with one attached hydrogen (secondary N) is 1. The number of aliphatic hydroxyl groups is 1. The van der Waals surface area contributed by atoms with Crippen molar-refractivity contribution in [2.75, 3.05) is 5.32 Å². The number of benzene rings is 3. The maximum Gasteiger partial charge on any atom is 0.339 e. The van der Waals surface area contributed by atoms with Crippen LogP contribution in [0.3, 0.4) is 0 Å². The molecule has 5 heteroatoms. The lowest BCUT2D eigenvalue weighted by Crippen LogP contribution is -2.35. The Morgan fingerprint density at radius 2 is 1.68 bits per heavy atom. The van der Waals surface area contributed by atoms with Gasteiger partial charge in [0.25, 0.3) is 0 Å². The number of aromatic carboxylic acids is 1. The summed E-state index contributed by atoms with van der Waals surface area (Å²) in [5.41, 5.74) is 7.26. The van der Waals surface area contributed by atoms with E-state index in [9.17, 15) is 15.0 Å². The quantitative estimate of drug-likeness (QED) is 0.278. The van der Waals surface area contributed by atoms with E-state index in [0.717, 1.165) is 24.1 Å². The highest BCUT2D eigenvalue weighted by Gasteiger charge is 2.39. The van der Waals surface area contributed by atoms with Gasteiger partial charge in [0.05, 0.1) is 6.10 Å². The summed E-state index contributed by atoms with van der Waals surface area (Å²) >= 11 is 0. The molecule has 0 spiro atoms. The molecule has 5 nitrogen and oxygen atoms in total. The van der Waals surface area contributed by atoms with E-state index in [1.807, 2.05) is 0 Å². The molecule has 0 radical (unpaired) electrons. The third-order valence-corrected chi connectivity index (χ3v) is 7.61. The number of carboxylic acid groups (broad SMARTS) is 1. The highest BCUT2D eigenvalue weighted by molar-refractivity contribution is 5.91. The highest BCUT2D eigenvalue weighted by atomic mass is 16.4. The minimum absolute atomic E-state index is 0.00317. The Morgan fingerprint density at radius 1 is 1.00 bits per heavy atom. The van der Waals surface area contributed by atoms with E-state index in [1.165, 1.54) is 34.4 Å². The second kappa shape index (κ2) is 10.1. The van der Waals surface area contributed by atoms with Gasteiger partial charge in [0.15, 0.2) is 0 Å². The van der Waals surface area contributed by atoms with E-state index in [2.05, 4.69) is 76.3 Å². The second-order valence-electron chi connectivity index (χ2n) is 11.5. The summed E-state index contributed by atoms with van der Waals surface area (Å²) < 4.78 is 0. The van der Waals surface area contributed by atoms with Crippen LogP contribution in [0.1, 0.15) is 90.4 Å². The molecule has 37 heavy (non-hydrogen) atoms. The van der Waals surface area contributed by atoms with Crippen molar-refractivity contribution >= 4 is 17.7 Å². The molecule has 1 atom stereocenters. The first-order valence-corrected chi connectivity index (χ1v) is 12.8. The molecule has 0 fully saturated rings. The Hall–Kier alpha value is -3.57. The fraction of sp³-hybridized carbons (Fsp3) is 0.344. The molecule has 4 rings (SSSR count). The maximum atomic E-state index is 11.2. The number of carbonyl (C=O) groups is 1. The summed E-state index contributed by atoms with van der Waals surface area (Å²) in [4.78, 5) is 11.2. The monoisotopic (exact) mass is 499 g/mol. The van der Waals surface area contributed by atoms with Crippen LogP contribution in [0.25, 0.3) is 6.08 Å². The highest BCUT2D eigenvalue weighted by Crippen LogP contribution is 2.49. The minimum Gasteiger partial charge on any atom is -0.507 e. The van der Waals surface area contributed by atoms with Crippen molar-refractivity contribution < 1.29 is 20.1 Å². The van der Waals surface area contributed by atoms with Crippen LogP contribution in [0.2, 0.25) is 0 Å². The third kappa shape index (κ3) is 5.72. The summed E-state index contributed by atoms with van der Waals surface area (Å²) in [7, 11) is 0. The van der Waals surface area contributed by atoms with E-state index in [-0.39, 0.29) is 22.1 Å². The molecule has 1 aliphatic rings. The number of aliphatic hydroxyl groups excluding tert-OH is 1. The van der Waals surface area contributed by atoms with Crippen molar-refractivity contribution in [1.82, 2.24) is 0 Å². The molecule has 1 aliphatic carbocycles. The molecule has 1 unspecified atom stereocenters. The first-order chi connectivity index (χ1) is 17.4. The van der Waals surface area contributed by atoms with Gasteiger partial charge in [-0.25, -0.2) is 4.79 Å². The number of phenols is 1. The molecular formula is C32H37NO4. The zero-order valence-electron chi connectivity index (χ0n) is 22.3. The molecule has 0 heterocycles. The van der Waals surface area contributed by atoms with E-state index >= 15 is 0 Å². The number of aryl methyl sites for hydroxylation is 1. The number of carboxylic acids is 1. The van der Waals surface area contributed by atoms with Crippen molar-refractivity contribution in [2.24, 2.45) is 0 Å². The molecule has 194 valence electrons. The molecule has 0 saturated heterocycles. The predicted molar refractivity (Wildman–Crippen MR) is 149 cm³/mol. The van der Waals surface area contributed by atoms with Crippen LogP contribution in [0.15, 0.2) is 60.7 Å². The smallest absolute Gasteiger partial charge is 0.339 e. The van der Waals surface area contributed by atoms with Crippen molar-refractivity contribution in [3.63, 3.8) is 0 Å². The predicted octanol–water partition coefficient (Wildman–Crippen LogP) is 7.11. The molecule has 3 aromatic rings. The summed E-state index contributed by atoms with van der Waals surface area (Å²) in [5.74, 6) is -1.48. The van der Waals surface area contributed by atoms with Crippen LogP contribution in [0.5, 0.6) is 5.75 Å². The van der Waals surface area contributed by atoms with Crippen LogP contribution in [-0.4, -0.2) is 21.3 Å². The van der Waals surface area contributed by atoms with E-state index in [1.54, 1.807) is 18.2 Å². The van der Waals surface area contributed by atoms with Crippen molar-refractivity contribution in [3.8, 4) is 5.75 Å². The lowest BCUT2D eigenvalue weighted by atomic mass is 9.62. The fourth-order valence-corrected chi connectivity index (χ4v) is 5.17. The van der Waals surface area contributed by atoms with Gasteiger partial charge in [-0.2, -0.15) is 0 Å².